The molecule has 0 aliphatic rings. The summed E-state index contributed by atoms with van der Waals surface area (Å²) in [5.41, 5.74) is 11.0. The first-order chi connectivity index (χ1) is 15.6. The number of thioether (sulfide) groups is 1. The molecule has 33 heavy (non-hydrogen) atoms. The molecule has 0 saturated heterocycles. The molecular weight excluding hydrogens is 458 g/mol. The second-order valence-corrected chi connectivity index (χ2v) is 8.03. The summed E-state index contributed by atoms with van der Waals surface area (Å²) in [6, 6.07) is -5.27. The lowest BCUT2D eigenvalue weighted by Gasteiger charge is -2.24. The zero-order valence-corrected chi connectivity index (χ0v) is 18.8. The van der Waals surface area contributed by atoms with Crippen LogP contribution in [0.1, 0.15) is 18.5 Å². The van der Waals surface area contributed by atoms with Crippen LogP contribution in [0.4, 0.5) is 0 Å². The standard InChI is InChI=1S/C18H29N7O7S/c1-33-3-2-11(18(31)32)23-16(29)12(4-9-6-21-8-22-9)25-17(30)13(5-14(20)27)24-15(28)10(19)7-26/h6,8,10-13,26H,2-5,7,19H2,1H3,(H2,20,27)(H,21,22)(H,23,29)(H,24,28)(H,25,30)(H,31,32). The number of aromatic amines is 1. The van der Waals surface area contributed by atoms with Gasteiger partial charge in [0, 0.05) is 18.3 Å². The molecule has 0 saturated carbocycles. The Kier molecular flexibility index (Phi) is 11.9. The average Bonchev–Trinajstić information content (AvgIpc) is 3.27. The number of carboxylic acids is 1. The van der Waals surface area contributed by atoms with Gasteiger partial charge in [-0.15, -0.1) is 0 Å². The van der Waals surface area contributed by atoms with Crippen molar-refractivity contribution in [2.75, 3.05) is 18.6 Å². The molecule has 0 aliphatic heterocycles. The van der Waals surface area contributed by atoms with Crippen LogP contribution in [0.2, 0.25) is 0 Å². The monoisotopic (exact) mass is 487 g/mol. The lowest BCUT2D eigenvalue weighted by Crippen LogP contribution is -2.58. The van der Waals surface area contributed by atoms with Crippen molar-refractivity contribution < 1.29 is 34.2 Å². The number of imidazole rings is 1. The minimum absolute atomic E-state index is 0.0835. The molecule has 0 bridgehead atoms. The Labute approximate surface area is 193 Å². The number of rotatable bonds is 15. The van der Waals surface area contributed by atoms with E-state index in [0.717, 1.165) is 0 Å². The van der Waals surface area contributed by atoms with Crippen LogP contribution in [0.3, 0.4) is 0 Å². The van der Waals surface area contributed by atoms with E-state index < -0.39 is 66.8 Å². The zero-order chi connectivity index (χ0) is 25.0. The van der Waals surface area contributed by atoms with E-state index in [1.807, 2.05) is 0 Å². The van der Waals surface area contributed by atoms with Gasteiger partial charge in [-0.2, -0.15) is 11.8 Å². The zero-order valence-electron chi connectivity index (χ0n) is 17.9. The third-order valence-electron chi connectivity index (χ3n) is 4.41. The van der Waals surface area contributed by atoms with Gasteiger partial charge >= 0.3 is 5.97 Å². The highest BCUT2D eigenvalue weighted by Gasteiger charge is 2.31. The van der Waals surface area contributed by atoms with Gasteiger partial charge in [0.25, 0.3) is 0 Å². The van der Waals surface area contributed by atoms with Crippen molar-refractivity contribution in [1.29, 1.82) is 0 Å². The van der Waals surface area contributed by atoms with Crippen molar-refractivity contribution in [1.82, 2.24) is 25.9 Å². The molecule has 0 radical (unpaired) electrons. The van der Waals surface area contributed by atoms with Crippen molar-refractivity contribution in [2.24, 2.45) is 11.5 Å². The van der Waals surface area contributed by atoms with Crippen LogP contribution in [0.25, 0.3) is 0 Å². The molecule has 14 nitrogen and oxygen atoms in total. The molecule has 184 valence electrons. The van der Waals surface area contributed by atoms with Gasteiger partial charge < -0.3 is 42.6 Å². The van der Waals surface area contributed by atoms with Gasteiger partial charge in [-0.05, 0) is 18.4 Å². The van der Waals surface area contributed by atoms with Gasteiger partial charge in [-0.3, -0.25) is 19.2 Å². The lowest BCUT2D eigenvalue weighted by atomic mass is 10.1. The predicted molar refractivity (Wildman–Crippen MR) is 118 cm³/mol. The van der Waals surface area contributed by atoms with Crippen molar-refractivity contribution in [2.45, 2.75) is 43.4 Å². The molecule has 1 aromatic heterocycles. The highest BCUT2D eigenvalue weighted by atomic mass is 32.2. The Morgan fingerprint density at radius 3 is 2.21 bits per heavy atom. The van der Waals surface area contributed by atoms with E-state index in [-0.39, 0.29) is 12.8 Å². The number of carboxylic acid groups (broad SMARTS) is 1. The quantitative estimate of drug-likeness (QED) is 0.121. The fourth-order valence-electron chi connectivity index (χ4n) is 2.64. The SMILES string of the molecule is CSCCC(NC(=O)C(Cc1cnc[nH]1)NC(=O)C(CC(N)=O)NC(=O)C(N)CO)C(=O)O. The number of amides is 4. The molecule has 15 heteroatoms. The number of nitrogens with zero attached hydrogens (tertiary/aromatic N) is 1. The number of primary amides is 1. The maximum Gasteiger partial charge on any atom is 0.326 e. The van der Waals surface area contributed by atoms with E-state index >= 15 is 0 Å². The Bertz CT molecular complexity index is 821. The molecule has 0 aromatic carbocycles. The van der Waals surface area contributed by atoms with E-state index in [1.54, 1.807) is 6.26 Å². The number of aromatic nitrogens is 2. The predicted octanol–water partition coefficient (Wildman–Crippen LogP) is -3.56. The van der Waals surface area contributed by atoms with E-state index in [0.29, 0.717) is 11.4 Å². The molecule has 0 spiro atoms. The molecular formula is C18H29N7O7S. The molecule has 0 fully saturated rings. The number of aliphatic hydroxyl groups is 1. The molecule has 4 unspecified atom stereocenters. The summed E-state index contributed by atoms with van der Waals surface area (Å²) in [6.07, 6.45) is 4.04. The van der Waals surface area contributed by atoms with Crippen LogP contribution in [0.15, 0.2) is 12.5 Å². The van der Waals surface area contributed by atoms with Crippen LogP contribution in [0.5, 0.6) is 0 Å². The molecule has 4 amide bonds. The summed E-state index contributed by atoms with van der Waals surface area (Å²) in [5.74, 6) is -4.29. The lowest BCUT2D eigenvalue weighted by molar-refractivity contribution is -0.142. The number of aliphatic carboxylic acids is 1. The van der Waals surface area contributed by atoms with Gasteiger partial charge in [0.05, 0.1) is 19.4 Å². The summed E-state index contributed by atoms with van der Waals surface area (Å²) in [5, 5.41) is 25.4. The third kappa shape index (κ3) is 9.88. The number of nitrogens with two attached hydrogens (primary N) is 2. The van der Waals surface area contributed by atoms with Crippen LogP contribution >= 0.6 is 11.8 Å². The van der Waals surface area contributed by atoms with Crippen molar-refractivity contribution in [3.63, 3.8) is 0 Å². The second kappa shape index (κ2) is 14.1. The molecule has 1 rings (SSSR count). The van der Waals surface area contributed by atoms with Crippen LogP contribution < -0.4 is 27.4 Å². The van der Waals surface area contributed by atoms with Crippen molar-refractivity contribution >= 4 is 41.4 Å². The first kappa shape index (κ1) is 27.9. The number of aliphatic hydroxyl groups excluding tert-OH is 1. The fourth-order valence-corrected chi connectivity index (χ4v) is 3.11. The normalized spacial score (nSPS) is 14.4. The van der Waals surface area contributed by atoms with Gasteiger partial charge in [-0.25, -0.2) is 9.78 Å². The topological polar surface area (TPSA) is 243 Å². The maximum atomic E-state index is 12.8. The average molecular weight is 488 g/mol. The third-order valence-corrected chi connectivity index (χ3v) is 5.05. The summed E-state index contributed by atoms with van der Waals surface area (Å²) in [4.78, 5) is 67.1. The van der Waals surface area contributed by atoms with E-state index in [4.69, 9.17) is 16.6 Å². The van der Waals surface area contributed by atoms with E-state index in [9.17, 15) is 29.1 Å². The Morgan fingerprint density at radius 1 is 1.09 bits per heavy atom. The molecule has 1 aromatic rings. The molecule has 1 heterocycles. The molecule has 4 atom stereocenters. The van der Waals surface area contributed by atoms with Crippen molar-refractivity contribution in [3.05, 3.63) is 18.2 Å². The van der Waals surface area contributed by atoms with E-state index in [2.05, 4.69) is 25.9 Å². The number of nitrogens with one attached hydrogen (secondary N) is 4. The second-order valence-electron chi connectivity index (χ2n) is 7.04. The van der Waals surface area contributed by atoms with Gasteiger partial charge in [0.2, 0.25) is 23.6 Å². The summed E-state index contributed by atoms with van der Waals surface area (Å²) < 4.78 is 0. The highest BCUT2D eigenvalue weighted by Crippen LogP contribution is 2.05. The van der Waals surface area contributed by atoms with Gasteiger partial charge in [-0.1, -0.05) is 0 Å². The summed E-state index contributed by atoms with van der Waals surface area (Å²) in [6.45, 7) is -0.700. The largest absolute Gasteiger partial charge is 0.480 e. The van der Waals surface area contributed by atoms with Crippen molar-refractivity contribution in [3.8, 4) is 0 Å². The summed E-state index contributed by atoms with van der Waals surface area (Å²) >= 11 is 1.41. The Hall–Kier alpha value is -3.17. The Balaban J connectivity index is 3.04. The highest BCUT2D eigenvalue weighted by molar-refractivity contribution is 7.98. The van der Waals surface area contributed by atoms with Crippen LogP contribution in [0, 0.1) is 0 Å². The number of carbonyl (C=O) groups excluding carboxylic acids is 4. The Morgan fingerprint density at radius 2 is 1.70 bits per heavy atom. The first-order valence-electron chi connectivity index (χ1n) is 9.83. The molecule has 0 aliphatic carbocycles. The number of carbonyl (C=O) groups is 5. The minimum atomic E-state index is -1.48. The van der Waals surface area contributed by atoms with Gasteiger partial charge in [0.1, 0.15) is 24.2 Å². The van der Waals surface area contributed by atoms with Crippen LogP contribution in [-0.4, -0.2) is 92.6 Å². The number of hydrogen-bond donors (Lipinski definition) is 8. The summed E-state index contributed by atoms with van der Waals surface area (Å²) in [7, 11) is 0. The first-order valence-corrected chi connectivity index (χ1v) is 11.2. The van der Waals surface area contributed by atoms with E-state index in [1.165, 1.54) is 24.3 Å². The maximum absolute atomic E-state index is 12.8. The smallest absolute Gasteiger partial charge is 0.326 e. The number of hydrogen-bond acceptors (Lipinski definition) is 9. The molecule has 10 N–H and O–H groups in total. The number of H-pyrrole nitrogens is 1. The van der Waals surface area contributed by atoms with Crippen LogP contribution in [-0.2, 0) is 30.4 Å². The minimum Gasteiger partial charge on any atom is -0.480 e. The fraction of sp³-hybridized carbons (Fsp3) is 0.556. The van der Waals surface area contributed by atoms with Gasteiger partial charge in [0.15, 0.2) is 0 Å².